The van der Waals surface area contributed by atoms with Crippen LogP contribution in [0.25, 0.3) is 0 Å². The van der Waals surface area contributed by atoms with Crippen molar-refractivity contribution in [3.8, 4) is 0 Å². The smallest absolute Gasteiger partial charge is 0.0947 e. The van der Waals surface area contributed by atoms with E-state index in [1.165, 1.54) is 37.9 Å². The van der Waals surface area contributed by atoms with E-state index < -0.39 is 0 Å². The molecule has 1 aliphatic heterocycles. The molecule has 1 saturated heterocycles. The first-order chi connectivity index (χ1) is 7.74. The molecule has 0 bridgehead atoms. The SMILES string of the molecule is CC(C)CC1CCCN(Cc2ccoc2)C1. The number of hydrogen-bond acceptors (Lipinski definition) is 2. The topological polar surface area (TPSA) is 16.4 Å². The van der Waals surface area contributed by atoms with Gasteiger partial charge < -0.3 is 4.42 Å². The molecule has 90 valence electrons. The van der Waals surface area contributed by atoms with E-state index in [0.717, 1.165) is 18.4 Å². The van der Waals surface area contributed by atoms with Crippen molar-refractivity contribution < 1.29 is 4.42 Å². The molecule has 0 N–H and O–H groups in total. The average molecular weight is 221 g/mol. The summed E-state index contributed by atoms with van der Waals surface area (Å²) in [6.45, 7) is 8.23. The molecule has 1 aromatic rings. The lowest BCUT2D eigenvalue weighted by Gasteiger charge is -2.33. The van der Waals surface area contributed by atoms with Crippen LogP contribution in [0.3, 0.4) is 0 Å². The molecular weight excluding hydrogens is 198 g/mol. The lowest BCUT2D eigenvalue weighted by atomic mass is 9.89. The first-order valence-electron chi connectivity index (χ1n) is 6.47. The maximum absolute atomic E-state index is 5.12. The summed E-state index contributed by atoms with van der Waals surface area (Å²) in [6, 6.07) is 2.08. The minimum absolute atomic E-state index is 0.832. The van der Waals surface area contributed by atoms with Gasteiger partial charge in [-0.25, -0.2) is 0 Å². The van der Waals surface area contributed by atoms with Gasteiger partial charge in [0.05, 0.1) is 12.5 Å². The fourth-order valence-corrected chi connectivity index (χ4v) is 2.79. The van der Waals surface area contributed by atoms with E-state index in [9.17, 15) is 0 Å². The van der Waals surface area contributed by atoms with Crippen LogP contribution in [0.15, 0.2) is 23.0 Å². The fourth-order valence-electron chi connectivity index (χ4n) is 2.79. The first kappa shape index (κ1) is 11.7. The highest BCUT2D eigenvalue weighted by Crippen LogP contribution is 2.24. The van der Waals surface area contributed by atoms with E-state index in [0.29, 0.717) is 0 Å². The van der Waals surface area contributed by atoms with Crippen LogP contribution in [0.2, 0.25) is 0 Å². The van der Waals surface area contributed by atoms with Gasteiger partial charge in [0.15, 0.2) is 0 Å². The maximum atomic E-state index is 5.12. The van der Waals surface area contributed by atoms with E-state index >= 15 is 0 Å². The maximum Gasteiger partial charge on any atom is 0.0947 e. The summed E-state index contributed by atoms with van der Waals surface area (Å²) in [5, 5.41) is 0. The van der Waals surface area contributed by atoms with Gasteiger partial charge in [-0.2, -0.15) is 0 Å². The molecule has 1 aliphatic rings. The Labute approximate surface area is 98.6 Å². The number of hydrogen-bond donors (Lipinski definition) is 0. The number of rotatable bonds is 4. The minimum atomic E-state index is 0.832. The highest BCUT2D eigenvalue weighted by Gasteiger charge is 2.20. The van der Waals surface area contributed by atoms with Gasteiger partial charge in [0.25, 0.3) is 0 Å². The van der Waals surface area contributed by atoms with E-state index in [1.54, 1.807) is 6.26 Å². The zero-order chi connectivity index (χ0) is 11.4. The molecule has 0 radical (unpaired) electrons. The minimum Gasteiger partial charge on any atom is -0.472 e. The van der Waals surface area contributed by atoms with Crippen LogP contribution in [-0.4, -0.2) is 18.0 Å². The zero-order valence-electron chi connectivity index (χ0n) is 10.5. The molecule has 0 saturated carbocycles. The summed E-state index contributed by atoms with van der Waals surface area (Å²) in [5.74, 6) is 1.74. The largest absolute Gasteiger partial charge is 0.472 e. The Kier molecular flexibility index (Phi) is 4.05. The lowest BCUT2D eigenvalue weighted by molar-refractivity contribution is 0.152. The van der Waals surface area contributed by atoms with Crippen molar-refractivity contribution in [2.45, 2.75) is 39.7 Å². The molecular formula is C14H23NO. The van der Waals surface area contributed by atoms with Crippen LogP contribution < -0.4 is 0 Å². The molecule has 1 aromatic heterocycles. The van der Waals surface area contributed by atoms with Gasteiger partial charge in [-0.3, -0.25) is 4.90 Å². The summed E-state index contributed by atoms with van der Waals surface area (Å²) in [7, 11) is 0. The third kappa shape index (κ3) is 3.38. The van der Waals surface area contributed by atoms with E-state index in [2.05, 4.69) is 24.8 Å². The third-order valence-corrected chi connectivity index (χ3v) is 3.39. The molecule has 2 heterocycles. The Morgan fingerprint density at radius 3 is 3.06 bits per heavy atom. The van der Waals surface area contributed by atoms with Crippen LogP contribution in [0.4, 0.5) is 0 Å². The van der Waals surface area contributed by atoms with Crippen molar-refractivity contribution in [1.82, 2.24) is 4.90 Å². The number of piperidine rings is 1. The molecule has 0 amide bonds. The van der Waals surface area contributed by atoms with E-state index in [-0.39, 0.29) is 0 Å². The van der Waals surface area contributed by atoms with Crippen molar-refractivity contribution in [2.75, 3.05) is 13.1 Å². The van der Waals surface area contributed by atoms with Crippen molar-refractivity contribution in [3.63, 3.8) is 0 Å². The Bertz CT molecular complexity index is 292. The summed E-state index contributed by atoms with van der Waals surface area (Å²) in [6.07, 6.45) is 7.79. The normalized spacial score (nSPS) is 22.8. The molecule has 0 spiro atoms. The van der Waals surface area contributed by atoms with Crippen LogP contribution in [0.1, 0.15) is 38.7 Å². The monoisotopic (exact) mass is 221 g/mol. The molecule has 2 rings (SSSR count). The molecule has 1 atom stereocenters. The van der Waals surface area contributed by atoms with Gasteiger partial charge in [0.1, 0.15) is 0 Å². The average Bonchev–Trinajstić information content (AvgIpc) is 2.70. The van der Waals surface area contributed by atoms with Gasteiger partial charge in [0, 0.05) is 18.7 Å². The number of likely N-dealkylation sites (tertiary alicyclic amines) is 1. The first-order valence-corrected chi connectivity index (χ1v) is 6.47. The molecule has 1 fully saturated rings. The second-order valence-corrected chi connectivity index (χ2v) is 5.50. The van der Waals surface area contributed by atoms with E-state index in [4.69, 9.17) is 4.42 Å². The Hall–Kier alpha value is -0.760. The highest BCUT2D eigenvalue weighted by molar-refractivity contribution is 5.05. The zero-order valence-corrected chi connectivity index (χ0v) is 10.5. The lowest BCUT2D eigenvalue weighted by Crippen LogP contribution is -2.35. The van der Waals surface area contributed by atoms with Crippen LogP contribution in [0, 0.1) is 11.8 Å². The molecule has 2 heteroatoms. The van der Waals surface area contributed by atoms with Crippen LogP contribution in [0.5, 0.6) is 0 Å². The van der Waals surface area contributed by atoms with Crippen LogP contribution in [-0.2, 0) is 6.54 Å². The predicted molar refractivity (Wildman–Crippen MR) is 66.2 cm³/mol. The Balaban J connectivity index is 1.82. The van der Waals surface area contributed by atoms with Crippen molar-refractivity contribution >= 4 is 0 Å². The summed E-state index contributed by atoms with van der Waals surface area (Å²) >= 11 is 0. The molecule has 1 unspecified atom stereocenters. The van der Waals surface area contributed by atoms with Crippen molar-refractivity contribution in [2.24, 2.45) is 11.8 Å². The van der Waals surface area contributed by atoms with Gasteiger partial charge in [-0.15, -0.1) is 0 Å². The van der Waals surface area contributed by atoms with Gasteiger partial charge in [0.2, 0.25) is 0 Å². The second-order valence-electron chi connectivity index (χ2n) is 5.50. The van der Waals surface area contributed by atoms with Gasteiger partial charge in [-0.05, 0) is 43.7 Å². The number of furan rings is 1. The highest BCUT2D eigenvalue weighted by atomic mass is 16.3. The summed E-state index contributed by atoms with van der Waals surface area (Å²) in [4.78, 5) is 2.57. The Morgan fingerprint density at radius 2 is 2.38 bits per heavy atom. The van der Waals surface area contributed by atoms with Crippen LogP contribution >= 0.6 is 0 Å². The standard InChI is InChI=1S/C14H23NO/c1-12(2)8-13-4-3-6-15(9-13)10-14-5-7-16-11-14/h5,7,11-13H,3-4,6,8-10H2,1-2H3. The van der Waals surface area contributed by atoms with Gasteiger partial charge in [-0.1, -0.05) is 13.8 Å². The van der Waals surface area contributed by atoms with E-state index in [1.807, 2.05) is 6.26 Å². The summed E-state index contributed by atoms with van der Waals surface area (Å²) in [5.41, 5.74) is 1.31. The Morgan fingerprint density at radius 1 is 1.50 bits per heavy atom. The fraction of sp³-hybridized carbons (Fsp3) is 0.714. The third-order valence-electron chi connectivity index (χ3n) is 3.39. The second kappa shape index (κ2) is 5.53. The van der Waals surface area contributed by atoms with Gasteiger partial charge >= 0.3 is 0 Å². The quantitative estimate of drug-likeness (QED) is 0.773. The predicted octanol–water partition coefficient (Wildman–Crippen LogP) is 3.54. The molecule has 16 heavy (non-hydrogen) atoms. The number of nitrogens with zero attached hydrogens (tertiary/aromatic N) is 1. The molecule has 0 aromatic carbocycles. The van der Waals surface area contributed by atoms with Crippen molar-refractivity contribution in [3.05, 3.63) is 24.2 Å². The molecule has 0 aliphatic carbocycles. The summed E-state index contributed by atoms with van der Waals surface area (Å²) < 4.78 is 5.12. The molecule has 2 nitrogen and oxygen atoms in total. The van der Waals surface area contributed by atoms with Crippen molar-refractivity contribution in [1.29, 1.82) is 0 Å².